The molecule has 2 saturated heterocycles. The first kappa shape index (κ1) is 22.3. The third-order valence-corrected chi connectivity index (χ3v) is 7.71. The summed E-state index contributed by atoms with van der Waals surface area (Å²) in [6.07, 6.45) is 1.41. The summed E-state index contributed by atoms with van der Waals surface area (Å²) in [5.74, 6) is 0.596. The highest BCUT2D eigenvalue weighted by Gasteiger charge is 2.30. The van der Waals surface area contributed by atoms with Gasteiger partial charge in [-0.15, -0.1) is 0 Å². The summed E-state index contributed by atoms with van der Waals surface area (Å²) in [5, 5.41) is 0. The molecule has 2 aromatic carbocycles. The molecule has 0 aromatic heterocycles. The molecule has 8 nitrogen and oxygen atoms in total. The highest BCUT2D eigenvalue weighted by molar-refractivity contribution is 7.89. The Hall–Kier alpha value is -2.91. The van der Waals surface area contributed by atoms with E-state index in [1.807, 2.05) is 6.92 Å². The fraction of sp³-hybridized carbons (Fsp3) is 0.391. The SMILES string of the molecule is CCOc1ccc(S(=O)(=O)N2CCN(C(=O)c3ccc(N4CCCC4=O)cc3)CC2)cc1. The van der Waals surface area contributed by atoms with Crippen molar-refractivity contribution in [3.8, 4) is 5.75 Å². The van der Waals surface area contributed by atoms with Gasteiger partial charge in [-0.05, 0) is 61.9 Å². The van der Waals surface area contributed by atoms with Gasteiger partial charge in [-0.1, -0.05) is 0 Å². The number of benzene rings is 2. The van der Waals surface area contributed by atoms with Gasteiger partial charge in [0, 0.05) is 50.4 Å². The van der Waals surface area contributed by atoms with E-state index >= 15 is 0 Å². The average Bonchev–Trinajstić information content (AvgIpc) is 3.25. The highest BCUT2D eigenvalue weighted by Crippen LogP contribution is 2.24. The molecular formula is C23H27N3O5S. The van der Waals surface area contributed by atoms with Crippen molar-refractivity contribution in [1.82, 2.24) is 9.21 Å². The van der Waals surface area contributed by atoms with Crippen LogP contribution in [0.3, 0.4) is 0 Å². The summed E-state index contributed by atoms with van der Waals surface area (Å²) in [6, 6.07) is 13.4. The van der Waals surface area contributed by atoms with Crippen LogP contribution in [0, 0.1) is 0 Å². The maximum absolute atomic E-state index is 12.9. The second kappa shape index (κ2) is 9.30. The van der Waals surface area contributed by atoms with Crippen LogP contribution < -0.4 is 9.64 Å². The van der Waals surface area contributed by atoms with Gasteiger partial charge in [0.05, 0.1) is 11.5 Å². The number of sulfonamides is 1. The van der Waals surface area contributed by atoms with E-state index in [1.54, 1.807) is 58.3 Å². The topological polar surface area (TPSA) is 87.2 Å². The molecule has 0 N–H and O–H groups in total. The minimum atomic E-state index is -3.63. The molecule has 2 aliphatic heterocycles. The van der Waals surface area contributed by atoms with Crippen molar-refractivity contribution < 1.29 is 22.7 Å². The summed E-state index contributed by atoms with van der Waals surface area (Å²) in [6.45, 7) is 4.21. The largest absolute Gasteiger partial charge is 0.494 e. The summed E-state index contributed by atoms with van der Waals surface area (Å²) < 4.78 is 32.7. The zero-order valence-electron chi connectivity index (χ0n) is 18.1. The van der Waals surface area contributed by atoms with Crippen LogP contribution in [-0.4, -0.2) is 68.8 Å². The first-order valence-corrected chi connectivity index (χ1v) is 12.3. The van der Waals surface area contributed by atoms with Crippen molar-refractivity contribution in [3.63, 3.8) is 0 Å². The molecule has 4 rings (SSSR count). The van der Waals surface area contributed by atoms with Crippen LogP contribution in [0.2, 0.25) is 0 Å². The molecule has 170 valence electrons. The van der Waals surface area contributed by atoms with E-state index in [9.17, 15) is 18.0 Å². The number of nitrogens with zero attached hydrogens (tertiary/aromatic N) is 3. The molecule has 0 unspecified atom stereocenters. The molecule has 2 amide bonds. The Morgan fingerprint density at radius 2 is 1.59 bits per heavy atom. The number of hydrogen-bond acceptors (Lipinski definition) is 5. The van der Waals surface area contributed by atoms with Crippen molar-refractivity contribution in [2.24, 2.45) is 0 Å². The van der Waals surface area contributed by atoms with Crippen LogP contribution in [-0.2, 0) is 14.8 Å². The van der Waals surface area contributed by atoms with E-state index in [1.165, 1.54) is 4.31 Å². The number of hydrogen-bond donors (Lipinski definition) is 0. The molecule has 0 saturated carbocycles. The van der Waals surface area contributed by atoms with Crippen LogP contribution in [0.15, 0.2) is 53.4 Å². The quantitative estimate of drug-likeness (QED) is 0.665. The second-order valence-electron chi connectivity index (χ2n) is 7.80. The Labute approximate surface area is 188 Å². The van der Waals surface area contributed by atoms with Gasteiger partial charge in [0.25, 0.3) is 5.91 Å². The first-order valence-electron chi connectivity index (χ1n) is 10.8. The summed E-state index contributed by atoms with van der Waals surface area (Å²) >= 11 is 0. The first-order chi connectivity index (χ1) is 15.4. The van der Waals surface area contributed by atoms with Gasteiger partial charge in [-0.3, -0.25) is 9.59 Å². The fourth-order valence-corrected chi connectivity index (χ4v) is 5.46. The van der Waals surface area contributed by atoms with Crippen LogP contribution in [0.4, 0.5) is 5.69 Å². The summed E-state index contributed by atoms with van der Waals surface area (Å²) in [7, 11) is -3.63. The van der Waals surface area contributed by atoms with E-state index in [0.717, 1.165) is 12.1 Å². The van der Waals surface area contributed by atoms with Crippen molar-refractivity contribution in [2.45, 2.75) is 24.7 Å². The van der Waals surface area contributed by atoms with Crippen molar-refractivity contribution >= 4 is 27.5 Å². The Bertz CT molecular complexity index is 1080. The predicted molar refractivity (Wildman–Crippen MR) is 120 cm³/mol. The van der Waals surface area contributed by atoms with Gasteiger partial charge in [0.15, 0.2) is 0 Å². The highest BCUT2D eigenvalue weighted by atomic mass is 32.2. The van der Waals surface area contributed by atoms with Crippen LogP contribution in [0.25, 0.3) is 0 Å². The lowest BCUT2D eigenvalue weighted by Gasteiger charge is -2.34. The Kier molecular flexibility index (Phi) is 6.48. The molecule has 0 bridgehead atoms. The van der Waals surface area contributed by atoms with E-state index in [-0.39, 0.29) is 29.8 Å². The lowest BCUT2D eigenvalue weighted by molar-refractivity contribution is -0.117. The molecule has 2 aromatic rings. The lowest BCUT2D eigenvalue weighted by Crippen LogP contribution is -2.50. The van der Waals surface area contributed by atoms with Gasteiger partial charge < -0.3 is 14.5 Å². The van der Waals surface area contributed by atoms with Crippen LogP contribution in [0.5, 0.6) is 5.75 Å². The number of rotatable bonds is 6. The number of amides is 2. The molecular weight excluding hydrogens is 430 g/mol. The average molecular weight is 458 g/mol. The molecule has 2 fully saturated rings. The minimum absolute atomic E-state index is 0.105. The lowest BCUT2D eigenvalue weighted by atomic mass is 10.1. The standard InChI is InChI=1S/C23H27N3O5S/c1-2-31-20-9-11-21(12-10-20)32(29,30)25-16-14-24(15-17-25)23(28)18-5-7-19(8-6-18)26-13-3-4-22(26)27/h5-12H,2-4,13-17H2,1H3. The Morgan fingerprint density at radius 3 is 2.16 bits per heavy atom. The molecule has 32 heavy (non-hydrogen) atoms. The smallest absolute Gasteiger partial charge is 0.253 e. The Morgan fingerprint density at radius 1 is 0.938 bits per heavy atom. The molecule has 2 heterocycles. The third-order valence-electron chi connectivity index (χ3n) is 5.80. The molecule has 0 spiro atoms. The number of carbonyl (C=O) groups excluding carboxylic acids is 2. The summed E-state index contributed by atoms with van der Waals surface area (Å²) in [5.41, 5.74) is 1.33. The normalized spacial score (nSPS) is 17.6. The van der Waals surface area contributed by atoms with Crippen LogP contribution in [0.1, 0.15) is 30.1 Å². The predicted octanol–water partition coefficient (Wildman–Crippen LogP) is 2.36. The van der Waals surface area contributed by atoms with Gasteiger partial charge >= 0.3 is 0 Å². The third kappa shape index (κ3) is 4.49. The maximum Gasteiger partial charge on any atom is 0.253 e. The minimum Gasteiger partial charge on any atom is -0.494 e. The summed E-state index contributed by atoms with van der Waals surface area (Å²) in [4.78, 5) is 28.4. The van der Waals surface area contributed by atoms with Crippen molar-refractivity contribution in [2.75, 3.05) is 44.2 Å². The fourth-order valence-electron chi connectivity index (χ4n) is 4.04. The second-order valence-corrected chi connectivity index (χ2v) is 9.73. The van der Waals surface area contributed by atoms with E-state index in [0.29, 0.717) is 44.0 Å². The van der Waals surface area contributed by atoms with E-state index < -0.39 is 10.0 Å². The zero-order valence-corrected chi connectivity index (χ0v) is 18.9. The van der Waals surface area contributed by atoms with Crippen molar-refractivity contribution in [1.29, 1.82) is 0 Å². The molecule has 9 heteroatoms. The van der Waals surface area contributed by atoms with Crippen LogP contribution >= 0.6 is 0 Å². The monoisotopic (exact) mass is 457 g/mol. The molecule has 2 aliphatic rings. The van der Waals surface area contributed by atoms with Gasteiger partial charge in [0.2, 0.25) is 15.9 Å². The number of ether oxygens (including phenoxy) is 1. The maximum atomic E-state index is 12.9. The van der Waals surface area contributed by atoms with E-state index in [4.69, 9.17) is 4.74 Å². The number of anilines is 1. The molecule has 0 aliphatic carbocycles. The zero-order chi connectivity index (χ0) is 22.7. The number of carbonyl (C=O) groups is 2. The van der Waals surface area contributed by atoms with Crippen molar-refractivity contribution in [3.05, 3.63) is 54.1 Å². The van der Waals surface area contributed by atoms with E-state index in [2.05, 4.69) is 0 Å². The molecule has 0 radical (unpaired) electrons. The van der Waals surface area contributed by atoms with Gasteiger partial charge in [-0.25, -0.2) is 8.42 Å². The molecule has 0 atom stereocenters. The van der Waals surface area contributed by atoms with Gasteiger partial charge in [-0.2, -0.15) is 4.31 Å². The van der Waals surface area contributed by atoms with Gasteiger partial charge in [0.1, 0.15) is 5.75 Å². The number of piperazine rings is 1. The Balaban J connectivity index is 1.37.